The van der Waals surface area contributed by atoms with Gasteiger partial charge < -0.3 is 52.3 Å². The lowest BCUT2D eigenvalue weighted by Crippen LogP contribution is -2.62. The molecule has 8 N–H and O–H groups in total. The Morgan fingerprint density at radius 3 is 1.65 bits per heavy atom. The summed E-state index contributed by atoms with van der Waals surface area (Å²) in [5, 5.41) is 24.7. The minimum atomic E-state index is -0.978. The molecular weight excluding hydrogens is 1060 g/mol. The van der Waals surface area contributed by atoms with Gasteiger partial charge in [-0.2, -0.15) is 0 Å². The number of benzene rings is 4. The van der Waals surface area contributed by atoms with Gasteiger partial charge in [0.25, 0.3) is 11.8 Å². The Morgan fingerprint density at radius 2 is 1.12 bits per heavy atom. The molecule has 0 aromatic heterocycles. The topological polar surface area (TPSA) is 239 Å². The number of fused-ring (bicyclic) bond motifs is 3. The van der Waals surface area contributed by atoms with Crippen molar-refractivity contribution in [2.24, 2.45) is 16.7 Å². The van der Waals surface area contributed by atoms with Gasteiger partial charge in [0.2, 0.25) is 35.4 Å². The van der Waals surface area contributed by atoms with E-state index in [-0.39, 0.29) is 84.6 Å². The Balaban J connectivity index is 0.980. The number of carbonyl (C=O) groups is 8. The predicted octanol–water partition coefficient (Wildman–Crippen LogP) is 6.58. The monoisotopic (exact) mass is 1150 g/mol. The molecule has 4 aromatic rings. The van der Waals surface area contributed by atoms with E-state index in [0.717, 1.165) is 60.8 Å². The molecule has 2 aliphatic heterocycles. The van der Waals surface area contributed by atoms with Crippen LogP contribution in [0.1, 0.15) is 168 Å². The molecule has 1 saturated heterocycles. The van der Waals surface area contributed by atoms with E-state index in [2.05, 4.69) is 54.7 Å². The fourth-order valence-electron chi connectivity index (χ4n) is 12.3. The third-order valence-corrected chi connectivity index (χ3v) is 17.2. The van der Waals surface area contributed by atoms with Crippen molar-refractivity contribution in [1.29, 1.82) is 0 Å². The Hall–Kier alpha value is -7.44. The molecule has 0 bridgehead atoms. The summed E-state index contributed by atoms with van der Waals surface area (Å²) in [4.78, 5) is 117. The van der Waals surface area contributed by atoms with Crippen LogP contribution in [0.15, 0.2) is 91.0 Å². The first kappa shape index (κ1) is 62.6. The molecule has 18 heteroatoms. The van der Waals surface area contributed by atoms with Crippen molar-refractivity contribution in [1.82, 2.24) is 47.0 Å². The van der Waals surface area contributed by atoms with Gasteiger partial charge in [-0.3, -0.25) is 38.4 Å². The molecule has 0 saturated carbocycles. The SMILES string of the molecule is CCNC(C(=O)NC(C(=O)N1Cc2cc(NC(=O)c3ccc(C(=O)NC4CC(C(=O)NC5CCCc6ccccc65)N(C(=O)C(NC(=O)[C@H](C)NC)C(C)(C)C)C4)cc3)ccc2CC1C(=O)NC1CCCc2ccccc21)C(C)(C)C)C(C)C. The van der Waals surface area contributed by atoms with Crippen molar-refractivity contribution in [3.8, 4) is 0 Å². The molecule has 9 atom stereocenters. The smallest absolute Gasteiger partial charge is 0.255 e. The molecule has 0 radical (unpaired) electrons. The summed E-state index contributed by atoms with van der Waals surface area (Å²) in [6.45, 7) is 19.4. The number of carbonyl (C=O) groups excluding carboxylic acids is 8. The van der Waals surface area contributed by atoms with Gasteiger partial charge in [-0.25, -0.2) is 0 Å². The number of nitrogens with one attached hydrogen (secondary N) is 8. The molecule has 84 heavy (non-hydrogen) atoms. The highest BCUT2D eigenvalue weighted by Crippen LogP contribution is 2.35. The number of amides is 8. The molecule has 8 unspecified atom stereocenters. The highest BCUT2D eigenvalue weighted by molar-refractivity contribution is 6.05. The van der Waals surface area contributed by atoms with Crippen molar-refractivity contribution < 1.29 is 38.4 Å². The van der Waals surface area contributed by atoms with Gasteiger partial charge in [-0.05, 0) is 152 Å². The number of hydrogen-bond acceptors (Lipinski definition) is 10. The zero-order valence-electron chi connectivity index (χ0n) is 50.9. The third-order valence-electron chi connectivity index (χ3n) is 17.2. The van der Waals surface area contributed by atoms with Crippen molar-refractivity contribution >= 4 is 52.9 Å². The van der Waals surface area contributed by atoms with E-state index in [0.29, 0.717) is 12.2 Å². The molecule has 450 valence electrons. The number of aryl methyl sites for hydroxylation is 2. The van der Waals surface area contributed by atoms with Crippen LogP contribution < -0.4 is 42.5 Å². The van der Waals surface area contributed by atoms with Crippen LogP contribution in [0.5, 0.6) is 0 Å². The van der Waals surface area contributed by atoms with E-state index < -0.39 is 70.8 Å². The van der Waals surface area contributed by atoms with E-state index >= 15 is 4.79 Å². The summed E-state index contributed by atoms with van der Waals surface area (Å²) in [5.41, 5.74) is 5.58. The Morgan fingerprint density at radius 1 is 0.595 bits per heavy atom. The number of nitrogens with zero attached hydrogens (tertiary/aromatic N) is 2. The summed E-state index contributed by atoms with van der Waals surface area (Å²) in [6.07, 6.45) is 5.49. The number of anilines is 1. The third kappa shape index (κ3) is 14.5. The second-order valence-corrected chi connectivity index (χ2v) is 25.8. The zero-order chi connectivity index (χ0) is 60.8. The fourth-order valence-corrected chi connectivity index (χ4v) is 12.3. The van der Waals surface area contributed by atoms with Crippen LogP contribution in [-0.2, 0) is 54.6 Å². The van der Waals surface area contributed by atoms with Gasteiger partial charge in [0.05, 0.1) is 24.2 Å². The summed E-state index contributed by atoms with van der Waals surface area (Å²) in [5.74, 6) is -3.05. The van der Waals surface area contributed by atoms with Gasteiger partial charge in [0.15, 0.2) is 0 Å². The number of likely N-dealkylation sites (tertiary alicyclic amines) is 1. The van der Waals surface area contributed by atoms with Crippen LogP contribution in [0.3, 0.4) is 0 Å². The van der Waals surface area contributed by atoms with Gasteiger partial charge >= 0.3 is 0 Å². The van der Waals surface area contributed by atoms with E-state index in [1.807, 2.05) is 111 Å². The number of rotatable bonds is 18. The molecule has 18 nitrogen and oxygen atoms in total. The van der Waals surface area contributed by atoms with Crippen LogP contribution in [0.2, 0.25) is 0 Å². The van der Waals surface area contributed by atoms with Gasteiger partial charge in [-0.15, -0.1) is 0 Å². The molecule has 0 spiro atoms. The largest absolute Gasteiger partial charge is 0.347 e. The minimum Gasteiger partial charge on any atom is -0.347 e. The Kier molecular flexibility index (Phi) is 19.9. The fraction of sp³-hybridized carbons (Fsp3) is 0.515. The summed E-state index contributed by atoms with van der Waals surface area (Å²) in [7, 11) is 1.66. The van der Waals surface area contributed by atoms with Gasteiger partial charge in [0, 0.05) is 42.4 Å². The maximum Gasteiger partial charge on any atom is 0.255 e. The highest BCUT2D eigenvalue weighted by atomic mass is 16.2. The summed E-state index contributed by atoms with van der Waals surface area (Å²) in [6, 6.07) is 21.8. The van der Waals surface area contributed by atoms with Crippen LogP contribution in [0, 0.1) is 16.7 Å². The van der Waals surface area contributed by atoms with Crippen LogP contribution in [0.4, 0.5) is 5.69 Å². The lowest BCUT2D eigenvalue weighted by molar-refractivity contribution is -0.147. The van der Waals surface area contributed by atoms with E-state index in [4.69, 9.17) is 0 Å². The molecule has 8 amide bonds. The number of hydrogen-bond donors (Lipinski definition) is 8. The van der Waals surface area contributed by atoms with Crippen molar-refractivity contribution in [2.45, 2.75) is 182 Å². The van der Waals surface area contributed by atoms with Gasteiger partial charge in [-0.1, -0.05) is 117 Å². The van der Waals surface area contributed by atoms with Crippen LogP contribution >= 0.6 is 0 Å². The molecule has 1 fully saturated rings. The normalized spacial score (nSPS) is 20.8. The molecule has 8 rings (SSSR count). The average molecular weight is 1150 g/mol. The van der Waals surface area contributed by atoms with Crippen molar-refractivity contribution in [3.63, 3.8) is 0 Å². The minimum absolute atomic E-state index is 0.0215. The zero-order valence-corrected chi connectivity index (χ0v) is 50.9. The first-order valence-corrected chi connectivity index (χ1v) is 30.1. The molecule has 2 aliphatic carbocycles. The first-order valence-electron chi connectivity index (χ1n) is 30.1. The maximum atomic E-state index is 15.1. The highest BCUT2D eigenvalue weighted by Gasteiger charge is 2.47. The van der Waals surface area contributed by atoms with Crippen molar-refractivity contribution in [3.05, 3.63) is 136 Å². The van der Waals surface area contributed by atoms with Crippen LogP contribution in [-0.4, -0.2) is 119 Å². The average Bonchev–Trinajstić information content (AvgIpc) is 1.54. The Labute approximate surface area is 495 Å². The lowest BCUT2D eigenvalue weighted by atomic mass is 9.83. The van der Waals surface area contributed by atoms with Crippen LogP contribution in [0.25, 0.3) is 0 Å². The first-order chi connectivity index (χ1) is 39.9. The van der Waals surface area contributed by atoms with E-state index in [1.165, 1.54) is 16.0 Å². The van der Waals surface area contributed by atoms with Crippen molar-refractivity contribution in [2.75, 3.05) is 25.5 Å². The van der Waals surface area contributed by atoms with Gasteiger partial charge in [0.1, 0.15) is 24.2 Å². The number of likely N-dealkylation sites (N-methyl/N-ethyl adjacent to an activating group) is 2. The quantitative estimate of drug-likeness (QED) is 0.0533. The standard InChI is InChI=1S/C66H88N10O8/c1-12-68-54(38(2)3)62(82)74-56(66(8,9)10)63(83)75-36-45-33-46(32-31-44(45)34-52(75)60(80)71-50-25-17-21-40-19-13-15-23-48(40)50)69-58(78)42-27-29-43(30-28-42)59(79)70-47-35-53(61(81)72-51-26-18-22-41-20-14-16-24-49(41)51)76(37-47)64(84)55(65(5,6)7)73-57(77)39(4)67-11/h13-16,19-20,23-24,27-33,38-39,47,50-56,67-68H,12,17-18,21-22,25-26,34-37H2,1-11H3,(H,69,78)(H,70,79)(H,71,80)(H,72,81)(H,73,77)(H,74,82)/t39-,47?,50?,51?,52?,53?,54?,55?,56?/m0/s1. The lowest BCUT2D eigenvalue weighted by Gasteiger charge is -2.42. The molecule has 4 aliphatic rings. The molecule has 2 heterocycles. The second kappa shape index (κ2) is 26.6. The molecule has 4 aromatic carbocycles. The maximum absolute atomic E-state index is 15.1. The van der Waals surface area contributed by atoms with E-state index in [1.54, 1.807) is 49.2 Å². The second-order valence-electron chi connectivity index (χ2n) is 25.8. The summed E-state index contributed by atoms with van der Waals surface area (Å²) < 4.78 is 0. The predicted molar refractivity (Wildman–Crippen MR) is 324 cm³/mol. The molecular formula is C66H88N10O8. The van der Waals surface area contributed by atoms with E-state index in [9.17, 15) is 33.6 Å². The summed E-state index contributed by atoms with van der Waals surface area (Å²) >= 11 is 0. The Bertz CT molecular complexity index is 3090.